The van der Waals surface area contributed by atoms with Crippen LogP contribution < -0.4 is 0 Å². The third-order valence-electron chi connectivity index (χ3n) is 5.65. The first-order valence-corrected chi connectivity index (χ1v) is 10.2. The summed E-state index contributed by atoms with van der Waals surface area (Å²) in [4.78, 5) is 39.3. The predicted octanol–water partition coefficient (Wildman–Crippen LogP) is 2.80. The van der Waals surface area contributed by atoms with Crippen molar-refractivity contribution in [3.8, 4) is 0 Å². The highest BCUT2D eigenvalue weighted by Gasteiger charge is 2.46. The lowest BCUT2D eigenvalue weighted by Crippen LogP contribution is -2.51. The van der Waals surface area contributed by atoms with E-state index in [1.54, 1.807) is 18.1 Å². The van der Waals surface area contributed by atoms with E-state index in [0.29, 0.717) is 37.3 Å². The third kappa shape index (κ3) is 4.20. The second-order valence-corrected chi connectivity index (χ2v) is 8.17. The smallest absolute Gasteiger partial charge is 0.271 e. The van der Waals surface area contributed by atoms with Crippen molar-refractivity contribution in [3.63, 3.8) is 0 Å². The van der Waals surface area contributed by atoms with Crippen LogP contribution in [0.25, 0.3) is 0 Å². The quantitative estimate of drug-likeness (QED) is 0.783. The van der Waals surface area contributed by atoms with Gasteiger partial charge in [-0.25, -0.2) is 0 Å². The Morgan fingerprint density at radius 2 is 2.10 bits per heavy atom. The molecule has 2 amide bonds. The molecule has 30 heavy (non-hydrogen) atoms. The van der Waals surface area contributed by atoms with Gasteiger partial charge < -0.3 is 14.6 Å². The summed E-state index contributed by atoms with van der Waals surface area (Å²) in [6.45, 7) is 3.50. The highest BCUT2D eigenvalue weighted by Crippen LogP contribution is 2.34. The Kier molecular flexibility index (Phi) is 5.53. The van der Waals surface area contributed by atoms with Crippen molar-refractivity contribution in [2.75, 3.05) is 20.1 Å². The lowest BCUT2D eigenvalue weighted by molar-refractivity contribution is -0.123. The SMILES string of the molecule is Cc1cccc(C(=O)N2CCCC3(CC(C(=O)N(C)Cc4ccccn4)=NO3)C2)c1. The maximum atomic E-state index is 13.0. The number of oxime groups is 1. The predicted molar refractivity (Wildman–Crippen MR) is 113 cm³/mol. The molecule has 3 heterocycles. The molecule has 156 valence electrons. The van der Waals surface area contributed by atoms with E-state index in [1.807, 2.05) is 54.3 Å². The van der Waals surface area contributed by atoms with Crippen LogP contribution in [0.1, 0.15) is 40.9 Å². The van der Waals surface area contributed by atoms with Crippen molar-refractivity contribution in [2.24, 2.45) is 5.16 Å². The Bertz CT molecular complexity index is 975. The lowest BCUT2D eigenvalue weighted by atomic mass is 9.87. The molecule has 7 nitrogen and oxygen atoms in total. The van der Waals surface area contributed by atoms with Gasteiger partial charge in [-0.05, 0) is 44.0 Å². The zero-order valence-corrected chi connectivity index (χ0v) is 17.4. The molecule has 7 heteroatoms. The Labute approximate surface area is 176 Å². The summed E-state index contributed by atoms with van der Waals surface area (Å²) in [5.41, 5.74) is 2.33. The maximum Gasteiger partial charge on any atom is 0.271 e. The molecule has 2 aromatic rings. The minimum absolute atomic E-state index is 0.00609. The Morgan fingerprint density at radius 1 is 1.23 bits per heavy atom. The summed E-state index contributed by atoms with van der Waals surface area (Å²) in [5, 5.41) is 4.12. The van der Waals surface area contributed by atoms with Crippen molar-refractivity contribution in [1.82, 2.24) is 14.8 Å². The molecule has 0 saturated carbocycles. The minimum Gasteiger partial charge on any atom is -0.386 e. The van der Waals surface area contributed by atoms with E-state index in [1.165, 1.54) is 0 Å². The average molecular weight is 406 g/mol. The molecule has 4 rings (SSSR count). The molecule has 0 radical (unpaired) electrons. The molecule has 0 N–H and O–H groups in total. The second kappa shape index (κ2) is 8.26. The Balaban J connectivity index is 1.40. The molecule has 1 aromatic carbocycles. The van der Waals surface area contributed by atoms with E-state index in [0.717, 1.165) is 24.1 Å². The topological polar surface area (TPSA) is 75.1 Å². The molecule has 1 aromatic heterocycles. The number of benzene rings is 1. The number of piperidine rings is 1. The van der Waals surface area contributed by atoms with Crippen LogP contribution in [0.4, 0.5) is 0 Å². The number of carbonyl (C=O) groups is 2. The first kappa shape index (κ1) is 20.1. The number of nitrogens with zero attached hydrogens (tertiary/aromatic N) is 4. The van der Waals surface area contributed by atoms with E-state index in [2.05, 4.69) is 10.1 Å². The molecule has 1 fully saturated rings. The summed E-state index contributed by atoms with van der Waals surface area (Å²) in [6, 6.07) is 13.2. The number of aryl methyl sites for hydroxylation is 1. The molecular formula is C23H26N4O3. The van der Waals surface area contributed by atoms with Gasteiger partial charge in [-0.2, -0.15) is 0 Å². The summed E-state index contributed by atoms with van der Waals surface area (Å²) in [7, 11) is 1.74. The van der Waals surface area contributed by atoms with Gasteiger partial charge in [-0.1, -0.05) is 28.9 Å². The number of amides is 2. The van der Waals surface area contributed by atoms with Crippen LogP contribution in [0.5, 0.6) is 0 Å². The fourth-order valence-corrected chi connectivity index (χ4v) is 4.11. The molecule has 1 spiro atoms. The molecular weight excluding hydrogens is 380 g/mol. The van der Waals surface area contributed by atoms with Crippen molar-refractivity contribution in [2.45, 2.75) is 38.3 Å². The summed E-state index contributed by atoms with van der Waals surface area (Å²) in [5.74, 6) is -0.173. The summed E-state index contributed by atoms with van der Waals surface area (Å²) < 4.78 is 0. The van der Waals surface area contributed by atoms with E-state index >= 15 is 0 Å². The minimum atomic E-state index is -0.617. The fraction of sp³-hybridized carbons (Fsp3) is 0.391. The van der Waals surface area contributed by atoms with Gasteiger partial charge in [-0.3, -0.25) is 14.6 Å². The van der Waals surface area contributed by atoms with Crippen molar-refractivity contribution < 1.29 is 14.4 Å². The number of pyridine rings is 1. The number of aromatic nitrogens is 1. The van der Waals surface area contributed by atoms with E-state index < -0.39 is 5.60 Å². The number of carbonyl (C=O) groups excluding carboxylic acids is 2. The zero-order valence-electron chi connectivity index (χ0n) is 17.4. The monoisotopic (exact) mass is 406 g/mol. The lowest BCUT2D eigenvalue weighted by Gasteiger charge is -2.38. The number of hydrogen-bond acceptors (Lipinski definition) is 5. The van der Waals surface area contributed by atoms with Crippen LogP contribution in [-0.4, -0.2) is 58.0 Å². The maximum absolute atomic E-state index is 13.0. The number of hydrogen-bond donors (Lipinski definition) is 0. The standard InChI is InChI=1S/C23H26N4O3/c1-17-7-5-8-18(13-17)21(28)27-12-6-10-23(16-27)14-20(25-30-23)22(29)26(2)15-19-9-3-4-11-24-19/h3-5,7-9,11,13H,6,10,12,14-16H2,1-2H3. The molecule has 1 unspecified atom stereocenters. The van der Waals surface area contributed by atoms with Crippen molar-refractivity contribution in [3.05, 3.63) is 65.5 Å². The van der Waals surface area contributed by atoms with Gasteiger partial charge in [0.25, 0.3) is 11.8 Å². The molecule has 2 aliphatic rings. The van der Waals surface area contributed by atoms with E-state index in [4.69, 9.17) is 4.84 Å². The molecule has 1 atom stereocenters. The second-order valence-electron chi connectivity index (χ2n) is 8.17. The first-order valence-electron chi connectivity index (χ1n) is 10.2. The van der Waals surface area contributed by atoms with Gasteiger partial charge in [0.15, 0.2) is 5.60 Å². The molecule has 0 bridgehead atoms. The first-order chi connectivity index (χ1) is 14.5. The van der Waals surface area contributed by atoms with E-state index in [9.17, 15) is 9.59 Å². The normalized spacial score (nSPS) is 20.6. The Morgan fingerprint density at radius 3 is 2.87 bits per heavy atom. The molecule has 1 saturated heterocycles. The van der Waals surface area contributed by atoms with Gasteiger partial charge in [0.1, 0.15) is 5.71 Å². The average Bonchev–Trinajstić information content (AvgIpc) is 3.16. The highest BCUT2D eigenvalue weighted by molar-refractivity contribution is 6.39. The van der Waals surface area contributed by atoms with Crippen LogP contribution in [-0.2, 0) is 16.2 Å². The third-order valence-corrected chi connectivity index (χ3v) is 5.65. The van der Waals surface area contributed by atoms with Gasteiger partial charge in [0.05, 0.1) is 18.8 Å². The largest absolute Gasteiger partial charge is 0.386 e. The Hall–Kier alpha value is -3.22. The van der Waals surface area contributed by atoms with Crippen LogP contribution in [0.2, 0.25) is 0 Å². The van der Waals surface area contributed by atoms with Crippen molar-refractivity contribution >= 4 is 17.5 Å². The van der Waals surface area contributed by atoms with Crippen LogP contribution in [0.15, 0.2) is 53.8 Å². The summed E-state index contributed by atoms with van der Waals surface area (Å²) >= 11 is 0. The molecule has 0 aliphatic carbocycles. The van der Waals surface area contributed by atoms with Crippen molar-refractivity contribution in [1.29, 1.82) is 0 Å². The van der Waals surface area contributed by atoms with E-state index in [-0.39, 0.29) is 11.8 Å². The van der Waals surface area contributed by atoms with Gasteiger partial charge in [0, 0.05) is 31.8 Å². The van der Waals surface area contributed by atoms with Crippen LogP contribution in [0, 0.1) is 6.92 Å². The number of likely N-dealkylation sites (tertiary alicyclic amines) is 1. The van der Waals surface area contributed by atoms with Gasteiger partial charge in [-0.15, -0.1) is 0 Å². The summed E-state index contributed by atoms with van der Waals surface area (Å²) in [6.07, 6.45) is 3.71. The fourth-order valence-electron chi connectivity index (χ4n) is 4.11. The zero-order chi connectivity index (χ0) is 21.1. The molecule has 2 aliphatic heterocycles. The van der Waals surface area contributed by atoms with Gasteiger partial charge >= 0.3 is 0 Å². The van der Waals surface area contributed by atoms with Gasteiger partial charge in [0.2, 0.25) is 0 Å². The van der Waals surface area contributed by atoms with Crippen LogP contribution >= 0.6 is 0 Å². The number of rotatable bonds is 4. The highest BCUT2D eigenvalue weighted by atomic mass is 16.7. The van der Waals surface area contributed by atoms with Crippen LogP contribution in [0.3, 0.4) is 0 Å².